The van der Waals surface area contributed by atoms with Crippen LogP contribution in [0.1, 0.15) is 59.2 Å². The maximum Gasteiger partial charge on any atom is 0.251 e. The van der Waals surface area contributed by atoms with Crippen molar-refractivity contribution in [3.63, 3.8) is 0 Å². The molecule has 2 fully saturated rings. The molecule has 32 heavy (non-hydrogen) atoms. The van der Waals surface area contributed by atoms with Gasteiger partial charge in [0, 0.05) is 24.8 Å². The van der Waals surface area contributed by atoms with Gasteiger partial charge in [-0.1, -0.05) is 18.2 Å². The normalized spacial score (nSPS) is 24.8. The van der Waals surface area contributed by atoms with Crippen molar-refractivity contribution in [3.05, 3.63) is 64.7 Å². The highest BCUT2D eigenvalue weighted by atomic mass is 16.5. The minimum Gasteiger partial charge on any atom is -0.491 e. The molecule has 5 rings (SSSR count). The number of hydrogen-bond acceptors (Lipinski definition) is 4. The Morgan fingerprint density at radius 2 is 1.72 bits per heavy atom. The quantitative estimate of drug-likeness (QED) is 0.706. The molecule has 170 valence electrons. The molecular weight excluding hydrogens is 402 g/mol. The van der Waals surface area contributed by atoms with Crippen LogP contribution in [0.5, 0.6) is 5.75 Å². The largest absolute Gasteiger partial charge is 0.491 e. The number of aryl methyl sites for hydroxylation is 1. The van der Waals surface area contributed by atoms with E-state index in [4.69, 9.17) is 14.2 Å². The molecule has 2 aromatic rings. The molecule has 0 spiro atoms. The van der Waals surface area contributed by atoms with Crippen molar-refractivity contribution in [2.45, 2.75) is 69.6 Å². The lowest BCUT2D eigenvalue weighted by atomic mass is 9.86. The summed E-state index contributed by atoms with van der Waals surface area (Å²) in [5.74, 6) is 0.765. The second-order valence-electron chi connectivity index (χ2n) is 9.33. The molecule has 0 aromatic heterocycles. The predicted octanol–water partition coefficient (Wildman–Crippen LogP) is 4.25. The Bertz CT molecular complexity index is 914. The lowest BCUT2D eigenvalue weighted by molar-refractivity contribution is 0.0679. The SMILES string of the molecule is O=C(N[C@H]1CCc2cc(CC3CCCO3)ccc2C1)c1ccc(OC[C@@H]2CCCO2)cc1. The zero-order chi connectivity index (χ0) is 21.8. The van der Waals surface area contributed by atoms with Gasteiger partial charge in [0.2, 0.25) is 0 Å². The Kier molecular flexibility index (Phi) is 6.75. The van der Waals surface area contributed by atoms with Crippen LogP contribution in [0.2, 0.25) is 0 Å². The van der Waals surface area contributed by atoms with E-state index in [1.165, 1.54) is 29.5 Å². The van der Waals surface area contributed by atoms with Gasteiger partial charge < -0.3 is 19.5 Å². The molecule has 1 amide bonds. The van der Waals surface area contributed by atoms with Gasteiger partial charge in [-0.25, -0.2) is 0 Å². The molecule has 3 atom stereocenters. The molecule has 3 aliphatic rings. The number of ether oxygens (including phenoxy) is 3. The summed E-state index contributed by atoms with van der Waals surface area (Å²) in [6.07, 6.45) is 8.99. The van der Waals surface area contributed by atoms with Gasteiger partial charge in [0.25, 0.3) is 5.91 Å². The fourth-order valence-corrected chi connectivity index (χ4v) is 5.06. The summed E-state index contributed by atoms with van der Waals surface area (Å²) < 4.78 is 17.2. The van der Waals surface area contributed by atoms with Gasteiger partial charge in [0.1, 0.15) is 12.4 Å². The molecule has 2 aromatic carbocycles. The number of carbonyl (C=O) groups is 1. The molecule has 2 saturated heterocycles. The van der Waals surface area contributed by atoms with Crippen LogP contribution in [0.4, 0.5) is 0 Å². The monoisotopic (exact) mass is 435 g/mol. The van der Waals surface area contributed by atoms with Crippen molar-refractivity contribution in [2.24, 2.45) is 0 Å². The van der Waals surface area contributed by atoms with Gasteiger partial charge >= 0.3 is 0 Å². The Labute approximate surface area is 190 Å². The van der Waals surface area contributed by atoms with Gasteiger partial charge in [-0.2, -0.15) is 0 Å². The first kappa shape index (κ1) is 21.5. The molecule has 2 aliphatic heterocycles. The molecular formula is C27H33NO4. The number of amides is 1. The van der Waals surface area contributed by atoms with E-state index < -0.39 is 0 Å². The smallest absolute Gasteiger partial charge is 0.251 e. The fraction of sp³-hybridized carbons (Fsp3) is 0.519. The first-order valence-electron chi connectivity index (χ1n) is 12.1. The van der Waals surface area contributed by atoms with E-state index >= 15 is 0 Å². The van der Waals surface area contributed by atoms with Crippen LogP contribution < -0.4 is 10.1 Å². The van der Waals surface area contributed by atoms with Crippen molar-refractivity contribution in [1.29, 1.82) is 0 Å². The minimum absolute atomic E-state index is 0.0147. The number of nitrogens with one attached hydrogen (secondary N) is 1. The lowest BCUT2D eigenvalue weighted by Crippen LogP contribution is -2.38. The Morgan fingerprint density at radius 3 is 2.47 bits per heavy atom. The van der Waals surface area contributed by atoms with Crippen LogP contribution in [0, 0.1) is 0 Å². The summed E-state index contributed by atoms with van der Waals surface area (Å²) in [4.78, 5) is 12.8. The lowest BCUT2D eigenvalue weighted by Gasteiger charge is -2.26. The van der Waals surface area contributed by atoms with E-state index in [0.29, 0.717) is 18.3 Å². The number of fused-ring (bicyclic) bond motifs is 1. The predicted molar refractivity (Wildman–Crippen MR) is 123 cm³/mol. The van der Waals surface area contributed by atoms with Gasteiger partial charge in [0.15, 0.2) is 0 Å². The number of rotatable bonds is 7. The summed E-state index contributed by atoms with van der Waals surface area (Å²) in [6, 6.07) is 14.4. The zero-order valence-corrected chi connectivity index (χ0v) is 18.7. The Morgan fingerprint density at radius 1 is 0.938 bits per heavy atom. The fourth-order valence-electron chi connectivity index (χ4n) is 5.06. The summed E-state index contributed by atoms with van der Waals surface area (Å²) in [5, 5.41) is 3.23. The second kappa shape index (κ2) is 10.1. The van der Waals surface area contributed by atoms with E-state index in [-0.39, 0.29) is 18.1 Å². The number of benzene rings is 2. The first-order chi connectivity index (χ1) is 15.7. The third-order valence-corrected chi connectivity index (χ3v) is 6.90. The molecule has 0 radical (unpaired) electrons. The standard InChI is InChI=1S/C27H33NO4/c29-27(20-8-11-24(12-9-20)32-18-26-4-2-14-31-26)28-23-10-7-21-15-19(5-6-22(21)17-23)16-25-3-1-13-30-25/h5-6,8-9,11-12,15,23,25-26H,1-4,7,10,13-14,16-18H2,(H,28,29)/t23-,25?,26-/m0/s1. The highest BCUT2D eigenvalue weighted by molar-refractivity contribution is 5.94. The van der Waals surface area contributed by atoms with Crippen LogP contribution in [-0.2, 0) is 28.7 Å². The van der Waals surface area contributed by atoms with Crippen LogP contribution in [0.25, 0.3) is 0 Å². The average Bonchev–Trinajstić information content (AvgIpc) is 3.52. The molecule has 0 bridgehead atoms. The zero-order valence-electron chi connectivity index (χ0n) is 18.7. The van der Waals surface area contributed by atoms with E-state index in [0.717, 1.165) is 57.5 Å². The Balaban J connectivity index is 1.12. The summed E-state index contributed by atoms with van der Waals surface area (Å²) in [6.45, 7) is 2.31. The molecule has 0 saturated carbocycles. The topological polar surface area (TPSA) is 56.8 Å². The van der Waals surface area contributed by atoms with Gasteiger partial charge in [0.05, 0.1) is 12.2 Å². The average molecular weight is 436 g/mol. The van der Waals surface area contributed by atoms with E-state index in [1.807, 2.05) is 24.3 Å². The van der Waals surface area contributed by atoms with Crippen LogP contribution in [-0.4, -0.2) is 44.0 Å². The maximum absolute atomic E-state index is 12.8. The molecule has 1 N–H and O–H groups in total. The third kappa shape index (κ3) is 5.33. The Hall–Kier alpha value is -2.37. The highest BCUT2D eigenvalue weighted by Gasteiger charge is 2.22. The van der Waals surface area contributed by atoms with Gasteiger partial charge in [-0.05, 0) is 92.3 Å². The number of hydrogen-bond donors (Lipinski definition) is 1. The molecule has 5 heteroatoms. The van der Waals surface area contributed by atoms with Crippen LogP contribution in [0.15, 0.2) is 42.5 Å². The summed E-state index contributed by atoms with van der Waals surface area (Å²) >= 11 is 0. The van der Waals surface area contributed by atoms with Crippen molar-refractivity contribution in [1.82, 2.24) is 5.32 Å². The van der Waals surface area contributed by atoms with E-state index in [9.17, 15) is 4.79 Å². The van der Waals surface area contributed by atoms with Crippen molar-refractivity contribution in [3.8, 4) is 5.75 Å². The second-order valence-corrected chi connectivity index (χ2v) is 9.33. The summed E-state index contributed by atoms with van der Waals surface area (Å²) in [5.41, 5.74) is 4.83. The third-order valence-electron chi connectivity index (χ3n) is 6.90. The minimum atomic E-state index is -0.0147. The summed E-state index contributed by atoms with van der Waals surface area (Å²) in [7, 11) is 0. The van der Waals surface area contributed by atoms with E-state index in [2.05, 4.69) is 23.5 Å². The maximum atomic E-state index is 12.8. The van der Waals surface area contributed by atoms with Crippen LogP contribution in [0.3, 0.4) is 0 Å². The molecule has 1 unspecified atom stereocenters. The van der Waals surface area contributed by atoms with Crippen molar-refractivity contribution < 1.29 is 19.0 Å². The highest BCUT2D eigenvalue weighted by Crippen LogP contribution is 2.25. The van der Waals surface area contributed by atoms with Crippen LogP contribution >= 0.6 is 0 Å². The van der Waals surface area contributed by atoms with Gasteiger partial charge in [-0.15, -0.1) is 0 Å². The van der Waals surface area contributed by atoms with Crippen molar-refractivity contribution in [2.75, 3.05) is 19.8 Å². The molecule has 2 heterocycles. The van der Waals surface area contributed by atoms with E-state index in [1.54, 1.807) is 0 Å². The molecule has 1 aliphatic carbocycles. The van der Waals surface area contributed by atoms with Crippen molar-refractivity contribution >= 4 is 5.91 Å². The molecule has 5 nitrogen and oxygen atoms in total. The van der Waals surface area contributed by atoms with Gasteiger partial charge in [-0.3, -0.25) is 4.79 Å². The number of carbonyl (C=O) groups excluding carboxylic acids is 1. The first-order valence-corrected chi connectivity index (χ1v) is 12.1.